The van der Waals surface area contributed by atoms with Crippen LogP contribution in [0.5, 0.6) is 0 Å². The summed E-state index contributed by atoms with van der Waals surface area (Å²) >= 11 is 0. The SMILES string of the molecule is c1cncc(C(C2=NCCN2)N2CCCC2)c1. The van der Waals surface area contributed by atoms with E-state index in [4.69, 9.17) is 0 Å². The van der Waals surface area contributed by atoms with Crippen molar-refractivity contribution in [1.82, 2.24) is 15.2 Å². The van der Waals surface area contributed by atoms with Crippen molar-refractivity contribution < 1.29 is 0 Å². The molecule has 2 aliphatic heterocycles. The minimum Gasteiger partial charge on any atom is -0.370 e. The van der Waals surface area contributed by atoms with Gasteiger partial charge in [-0.05, 0) is 37.6 Å². The predicted molar refractivity (Wildman–Crippen MR) is 68.1 cm³/mol. The monoisotopic (exact) mass is 230 g/mol. The van der Waals surface area contributed by atoms with E-state index in [-0.39, 0.29) is 6.04 Å². The molecule has 0 amide bonds. The number of rotatable bonds is 3. The Morgan fingerprint density at radius 1 is 1.29 bits per heavy atom. The van der Waals surface area contributed by atoms with Gasteiger partial charge in [0.05, 0.1) is 12.6 Å². The lowest BCUT2D eigenvalue weighted by Gasteiger charge is -2.27. The van der Waals surface area contributed by atoms with Gasteiger partial charge in [0.25, 0.3) is 0 Å². The Balaban J connectivity index is 1.90. The molecule has 1 saturated heterocycles. The lowest BCUT2D eigenvalue weighted by atomic mass is 10.1. The number of likely N-dealkylation sites (tertiary alicyclic amines) is 1. The molecular formula is C13H18N4. The Morgan fingerprint density at radius 2 is 2.18 bits per heavy atom. The minimum atomic E-state index is 0.286. The third-order valence-corrected chi connectivity index (χ3v) is 3.47. The zero-order valence-corrected chi connectivity index (χ0v) is 9.97. The maximum Gasteiger partial charge on any atom is 0.119 e. The first kappa shape index (κ1) is 10.7. The van der Waals surface area contributed by atoms with Gasteiger partial charge >= 0.3 is 0 Å². The molecule has 4 heteroatoms. The molecule has 1 aromatic rings. The molecule has 1 unspecified atom stereocenters. The molecule has 0 bridgehead atoms. The van der Waals surface area contributed by atoms with Crippen LogP contribution in [0, 0.1) is 0 Å². The molecule has 1 atom stereocenters. The van der Waals surface area contributed by atoms with Gasteiger partial charge in [0.1, 0.15) is 5.84 Å². The molecule has 3 heterocycles. The second-order valence-corrected chi connectivity index (χ2v) is 4.63. The lowest BCUT2D eigenvalue weighted by Crippen LogP contribution is -2.37. The highest BCUT2D eigenvalue weighted by Gasteiger charge is 2.29. The fourth-order valence-corrected chi connectivity index (χ4v) is 2.68. The Bertz CT molecular complexity index is 395. The van der Waals surface area contributed by atoms with E-state index in [1.165, 1.54) is 31.5 Å². The third-order valence-electron chi connectivity index (χ3n) is 3.47. The van der Waals surface area contributed by atoms with Crippen LogP contribution in [0.2, 0.25) is 0 Å². The maximum absolute atomic E-state index is 4.59. The summed E-state index contributed by atoms with van der Waals surface area (Å²) in [5.74, 6) is 1.12. The topological polar surface area (TPSA) is 40.5 Å². The Morgan fingerprint density at radius 3 is 2.82 bits per heavy atom. The molecule has 0 saturated carbocycles. The van der Waals surface area contributed by atoms with Crippen LogP contribution < -0.4 is 5.32 Å². The molecule has 2 aliphatic rings. The van der Waals surface area contributed by atoms with E-state index in [1.807, 2.05) is 18.5 Å². The van der Waals surface area contributed by atoms with Crippen molar-refractivity contribution in [2.75, 3.05) is 26.2 Å². The van der Waals surface area contributed by atoms with Gasteiger partial charge in [0.2, 0.25) is 0 Å². The van der Waals surface area contributed by atoms with Gasteiger partial charge in [0.15, 0.2) is 0 Å². The normalized spacial score (nSPS) is 22.2. The predicted octanol–water partition coefficient (Wildman–Crippen LogP) is 1.22. The van der Waals surface area contributed by atoms with E-state index >= 15 is 0 Å². The second-order valence-electron chi connectivity index (χ2n) is 4.63. The highest BCUT2D eigenvalue weighted by molar-refractivity contribution is 5.89. The maximum atomic E-state index is 4.59. The molecule has 0 aromatic carbocycles. The summed E-state index contributed by atoms with van der Waals surface area (Å²) in [5, 5.41) is 3.41. The summed E-state index contributed by atoms with van der Waals surface area (Å²) in [6, 6.07) is 4.44. The van der Waals surface area contributed by atoms with E-state index in [2.05, 4.69) is 26.3 Å². The number of nitrogens with one attached hydrogen (secondary N) is 1. The first-order valence-corrected chi connectivity index (χ1v) is 6.37. The van der Waals surface area contributed by atoms with Crippen LogP contribution in [0.25, 0.3) is 0 Å². The summed E-state index contributed by atoms with van der Waals surface area (Å²) in [6.45, 7) is 4.21. The molecule has 4 nitrogen and oxygen atoms in total. The van der Waals surface area contributed by atoms with Crippen LogP contribution in [-0.2, 0) is 0 Å². The number of nitrogens with zero attached hydrogens (tertiary/aromatic N) is 3. The third kappa shape index (κ3) is 2.17. The molecule has 1 N–H and O–H groups in total. The van der Waals surface area contributed by atoms with Crippen LogP contribution in [0.4, 0.5) is 0 Å². The van der Waals surface area contributed by atoms with Crippen molar-refractivity contribution in [3.05, 3.63) is 30.1 Å². The van der Waals surface area contributed by atoms with Crippen molar-refractivity contribution in [1.29, 1.82) is 0 Å². The highest BCUT2D eigenvalue weighted by atomic mass is 15.2. The van der Waals surface area contributed by atoms with Gasteiger partial charge in [0, 0.05) is 18.9 Å². The zero-order chi connectivity index (χ0) is 11.5. The van der Waals surface area contributed by atoms with Crippen molar-refractivity contribution >= 4 is 5.84 Å². The largest absolute Gasteiger partial charge is 0.370 e. The van der Waals surface area contributed by atoms with Gasteiger partial charge in [-0.3, -0.25) is 14.9 Å². The van der Waals surface area contributed by atoms with E-state index in [1.54, 1.807) is 0 Å². The molecular weight excluding hydrogens is 212 g/mol. The van der Waals surface area contributed by atoms with Gasteiger partial charge < -0.3 is 5.32 Å². The standard InChI is InChI=1S/C13H18N4/c1-2-9-17(8-1)12(13-15-6-7-16-13)11-4-3-5-14-10-11/h3-5,10,12H,1-2,6-9H2,(H,15,16). The van der Waals surface area contributed by atoms with E-state index in [9.17, 15) is 0 Å². The number of aromatic nitrogens is 1. The van der Waals surface area contributed by atoms with Crippen LogP contribution in [0.3, 0.4) is 0 Å². The van der Waals surface area contributed by atoms with Gasteiger partial charge in [-0.15, -0.1) is 0 Å². The van der Waals surface area contributed by atoms with E-state index in [0.717, 1.165) is 18.9 Å². The molecule has 17 heavy (non-hydrogen) atoms. The summed E-state index contributed by atoms with van der Waals surface area (Å²) < 4.78 is 0. The number of amidine groups is 1. The number of hydrogen-bond acceptors (Lipinski definition) is 4. The van der Waals surface area contributed by atoms with Crippen molar-refractivity contribution in [2.45, 2.75) is 18.9 Å². The van der Waals surface area contributed by atoms with E-state index < -0.39 is 0 Å². The number of hydrogen-bond donors (Lipinski definition) is 1. The molecule has 3 rings (SSSR count). The Kier molecular flexibility index (Phi) is 3.05. The van der Waals surface area contributed by atoms with Crippen LogP contribution in [0.15, 0.2) is 29.5 Å². The van der Waals surface area contributed by atoms with E-state index in [0.29, 0.717) is 0 Å². The number of pyridine rings is 1. The minimum absolute atomic E-state index is 0.286. The molecule has 90 valence electrons. The second kappa shape index (κ2) is 4.84. The quantitative estimate of drug-likeness (QED) is 0.849. The molecule has 1 fully saturated rings. The van der Waals surface area contributed by atoms with Crippen LogP contribution in [0.1, 0.15) is 24.4 Å². The Labute approximate surface area is 102 Å². The summed E-state index contributed by atoms with van der Waals surface area (Å²) in [5.41, 5.74) is 1.25. The first-order chi connectivity index (χ1) is 8.45. The molecule has 0 radical (unpaired) electrons. The Hall–Kier alpha value is -1.42. The summed E-state index contributed by atoms with van der Waals surface area (Å²) in [7, 11) is 0. The van der Waals surface area contributed by atoms with Gasteiger partial charge in [-0.1, -0.05) is 6.07 Å². The van der Waals surface area contributed by atoms with Gasteiger partial charge in [-0.2, -0.15) is 0 Å². The summed E-state index contributed by atoms with van der Waals surface area (Å²) in [6.07, 6.45) is 6.38. The zero-order valence-electron chi connectivity index (χ0n) is 9.97. The molecule has 0 aliphatic carbocycles. The highest BCUT2D eigenvalue weighted by Crippen LogP contribution is 2.26. The fraction of sp³-hybridized carbons (Fsp3) is 0.538. The molecule has 1 aromatic heterocycles. The fourth-order valence-electron chi connectivity index (χ4n) is 2.68. The summed E-state index contributed by atoms with van der Waals surface area (Å²) in [4.78, 5) is 11.3. The van der Waals surface area contributed by atoms with Crippen LogP contribution >= 0.6 is 0 Å². The number of aliphatic imine (C=N–C) groups is 1. The smallest absolute Gasteiger partial charge is 0.119 e. The van der Waals surface area contributed by atoms with Crippen molar-refractivity contribution in [3.63, 3.8) is 0 Å². The van der Waals surface area contributed by atoms with Crippen molar-refractivity contribution in [2.24, 2.45) is 4.99 Å². The average molecular weight is 230 g/mol. The first-order valence-electron chi connectivity index (χ1n) is 6.37. The van der Waals surface area contributed by atoms with Crippen LogP contribution in [-0.4, -0.2) is 41.9 Å². The van der Waals surface area contributed by atoms with Gasteiger partial charge in [-0.25, -0.2) is 0 Å². The average Bonchev–Trinajstić information content (AvgIpc) is 3.04. The molecule has 0 spiro atoms. The van der Waals surface area contributed by atoms with Crippen molar-refractivity contribution in [3.8, 4) is 0 Å². The lowest BCUT2D eigenvalue weighted by molar-refractivity contribution is 0.300.